The lowest BCUT2D eigenvalue weighted by molar-refractivity contribution is 0.371. The zero-order valence-corrected chi connectivity index (χ0v) is 11.9. The largest absolute Gasteiger partial charge is 0.480 e. The van der Waals surface area contributed by atoms with Crippen LogP contribution in [0.3, 0.4) is 0 Å². The predicted molar refractivity (Wildman–Crippen MR) is 87.2 cm³/mol. The van der Waals surface area contributed by atoms with Crippen LogP contribution in [0.1, 0.15) is 0 Å². The van der Waals surface area contributed by atoms with Crippen LogP contribution < -0.4 is 4.74 Å². The van der Waals surface area contributed by atoms with Crippen molar-refractivity contribution in [2.24, 2.45) is 0 Å². The molecule has 0 radical (unpaired) electrons. The van der Waals surface area contributed by atoms with E-state index in [1.54, 1.807) is 0 Å². The average Bonchev–Trinajstić information content (AvgIpc) is 2.61. The van der Waals surface area contributed by atoms with Crippen molar-refractivity contribution in [1.82, 2.24) is 9.97 Å². The summed E-state index contributed by atoms with van der Waals surface area (Å²) in [6.45, 7) is 0.221. The van der Waals surface area contributed by atoms with Crippen LogP contribution in [0, 0.1) is 12.3 Å². The van der Waals surface area contributed by atoms with Gasteiger partial charge in [0.25, 0.3) is 0 Å². The molecule has 0 aliphatic carbocycles. The molecule has 106 valence electrons. The maximum Gasteiger partial charge on any atom is 0.162 e. The third-order valence-corrected chi connectivity index (χ3v) is 3.20. The van der Waals surface area contributed by atoms with Gasteiger partial charge in [0.2, 0.25) is 0 Å². The second-order valence-corrected chi connectivity index (χ2v) is 4.65. The molecule has 1 aromatic heterocycles. The summed E-state index contributed by atoms with van der Waals surface area (Å²) in [5, 5.41) is 0. The smallest absolute Gasteiger partial charge is 0.162 e. The molecule has 22 heavy (non-hydrogen) atoms. The molecule has 0 aliphatic heterocycles. The zero-order chi connectivity index (χ0) is 15.2. The van der Waals surface area contributed by atoms with E-state index >= 15 is 0 Å². The van der Waals surface area contributed by atoms with E-state index in [1.807, 2.05) is 67.0 Å². The summed E-state index contributed by atoms with van der Waals surface area (Å²) in [6, 6.07) is 17.6. The Balaban J connectivity index is 1.92. The van der Waals surface area contributed by atoms with E-state index < -0.39 is 0 Å². The Morgan fingerprint density at radius 2 is 1.55 bits per heavy atom. The summed E-state index contributed by atoms with van der Waals surface area (Å²) in [5.74, 6) is 3.77. The highest BCUT2D eigenvalue weighted by atomic mass is 16.5. The van der Waals surface area contributed by atoms with Gasteiger partial charge in [-0.3, -0.25) is 0 Å². The quantitative estimate of drug-likeness (QED) is 0.684. The van der Waals surface area contributed by atoms with Gasteiger partial charge in [0.1, 0.15) is 12.4 Å². The Labute approximate surface area is 129 Å². The molecule has 3 rings (SSSR count). The predicted octanol–water partition coefficient (Wildman–Crippen LogP) is 3.82. The monoisotopic (exact) mass is 286 g/mol. The van der Waals surface area contributed by atoms with E-state index in [4.69, 9.17) is 11.2 Å². The Morgan fingerprint density at radius 1 is 0.864 bits per heavy atom. The normalized spacial score (nSPS) is 9.95. The maximum absolute atomic E-state index is 5.54. The molecule has 0 aliphatic rings. The summed E-state index contributed by atoms with van der Waals surface area (Å²) >= 11 is 0. The molecule has 0 saturated carbocycles. The maximum atomic E-state index is 5.54. The van der Waals surface area contributed by atoms with Crippen molar-refractivity contribution in [2.45, 2.75) is 0 Å². The van der Waals surface area contributed by atoms with Crippen LogP contribution in [0.4, 0.5) is 0 Å². The first-order chi connectivity index (χ1) is 10.9. The molecular formula is C19H14N2O. The average molecular weight is 286 g/mol. The number of terminal acetylenes is 1. The fourth-order valence-electron chi connectivity index (χ4n) is 2.14. The first kappa shape index (κ1) is 13.8. The molecule has 0 atom stereocenters. The minimum Gasteiger partial charge on any atom is -0.480 e. The SMILES string of the molecule is C#CCOc1ccccc1-c1ncc(-c2ccccc2)cn1. The first-order valence-electron chi connectivity index (χ1n) is 6.91. The highest BCUT2D eigenvalue weighted by Gasteiger charge is 2.08. The topological polar surface area (TPSA) is 35.0 Å². The van der Waals surface area contributed by atoms with Crippen molar-refractivity contribution < 1.29 is 4.74 Å². The van der Waals surface area contributed by atoms with Crippen LogP contribution in [0.5, 0.6) is 5.75 Å². The fraction of sp³-hybridized carbons (Fsp3) is 0.0526. The number of benzene rings is 2. The van der Waals surface area contributed by atoms with E-state index in [0.717, 1.165) is 16.7 Å². The van der Waals surface area contributed by atoms with Crippen LogP contribution in [0.25, 0.3) is 22.5 Å². The summed E-state index contributed by atoms with van der Waals surface area (Å²) in [5.41, 5.74) is 2.90. The van der Waals surface area contributed by atoms with Gasteiger partial charge < -0.3 is 4.74 Å². The fourth-order valence-corrected chi connectivity index (χ4v) is 2.14. The lowest BCUT2D eigenvalue weighted by atomic mass is 10.1. The molecule has 0 amide bonds. The lowest BCUT2D eigenvalue weighted by Crippen LogP contribution is -1.97. The number of hydrogen-bond donors (Lipinski definition) is 0. The van der Waals surface area contributed by atoms with E-state index in [2.05, 4.69) is 15.9 Å². The van der Waals surface area contributed by atoms with Crippen LogP contribution in [-0.4, -0.2) is 16.6 Å². The van der Waals surface area contributed by atoms with Crippen LogP contribution in [0.15, 0.2) is 67.0 Å². The minimum absolute atomic E-state index is 0.221. The Hall–Kier alpha value is -3.12. The molecule has 3 heteroatoms. The van der Waals surface area contributed by atoms with Crippen molar-refractivity contribution >= 4 is 0 Å². The molecule has 3 aromatic rings. The standard InChI is InChI=1S/C19H14N2O/c1-2-12-22-18-11-7-6-10-17(18)19-20-13-16(14-21-19)15-8-4-3-5-9-15/h1,3-11,13-14H,12H2. The van der Waals surface area contributed by atoms with Crippen molar-refractivity contribution in [1.29, 1.82) is 0 Å². The van der Waals surface area contributed by atoms with Crippen molar-refractivity contribution in [3.05, 3.63) is 67.0 Å². The summed E-state index contributed by atoms with van der Waals surface area (Å²) in [4.78, 5) is 8.90. The molecule has 0 bridgehead atoms. The molecular weight excluding hydrogens is 272 g/mol. The number of para-hydroxylation sites is 1. The highest BCUT2D eigenvalue weighted by molar-refractivity contribution is 5.66. The van der Waals surface area contributed by atoms with Crippen molar-refractivity contribution in [2.75, 3.05) is 6.61 Å². The lowest BCUT2D eigenvalue weighted by Gasteiger charge is -2.08. The Morgan fingerprint density at radius 3 is 2.27 bits per heavy atom. The highest BCUT2D eigenvalue weighted by Crippen LogP contribution is 2.27. The number of aromatic nitrogens is 2. The van der Waals surface area contributed by atoms with Gasteiger partial charge >= 0.3 is 0 Å². The van der Waals surface area contributed by atoms with Crippen LogP contribution >= 0.6 is 0 Å². The number of ether oxygens (including phenoxy) is 1. The number of hydrogen-bond acceptors (Lipinski definition) is 3. The number of rotatable bonds is 4. The third-order valence-electron chi connectivity index (χ3n) is 3.20. The molecule has 3 nitrogen and oxygen atoms in total. The first-order valence-corrected chi connectivity index (χ1v) is 6.91. The van der Waals surface area contributed by atoms with Gasteiger partial charge in [0.15, 0.2) is 5.82 Å². The van der Waals surface area contributed by atoms with Crippen LogP contribution in [-0.2, 0) is 0 Å². The zero-order valence-electron chi connectivity index (χ0n) is 11.9. The summed E-state index contributed by atoms with van der Waals surface area (Å²) < 4.78 is 5.54. The van der Waals surface area contributed by atoms with Gasteiger partial charge in [0, 0.05) is 18.0 Å². The van der Waals surface area contributed by atoms with Crippen molar-refractivity contribution in [3.8, 4) is 40.6 Å². The Kier molecular flexibility index (Phi) is 4.12. The molecule has 0 N–H and O–H groups in total. The van der Waals surface area contributed by atoms with E-state index in [1.165, 1.54) is 0 Å². The second-order valence-electron chi connectivity index (χ2n) is 4.65. The van der Waals surface area contributed by atoms with E-state index in [9.17, 15) is 0 Å². The van der Waals surface area contributed by atoms with Gasteiger partial charge in [-0.1, -0.05) is 48.4 Å². The van der Waals surface area contributed by atoms with Gasteiger partial charge in [-0.05, 0) is 17.7 Å². The van der Waals surface area contributed by atoms with Gasteiger partial charge in [-0.2, -0.15) is 0 Å². The molecule has 2 aromatic carbocycles. The van der Waals surface area contributed by atoms with Crippen molar-refractivity contribution in [3.63, 3.8) is 0 Å². The summed E-state index contributed by atoms with van der Waals surface area (Å²) in [6.07, 6.45) is 8.87. The summed E-state index contributed by atoms with van der Waals surface area (Å²) in [7, 11) is 0. The molecule has 1 heterocycles. The van der Waals surface area contributed by atoms with Crippen LogP contribution in [0.2, 0.25) is 0 Å². The van der Waals surface area contributed by atoms with Gasteiger partial charge in [-0.15, -0.1) is 6.42 Å². The van der Waals surface area contributed by atoms with E-state index in [-0.39, 0.29) is 6.61 Å². The third kappa shape index (κ3) is 2.97. The Bertz CT molecular complexity index is 790. The number of nitrogens with zero attached hydrogens (tertiary/aromatic N) is 2. The second kappa shape index (κ2) is 6.55. The van der Waals surface area contributed by atoms with Gasteiger partial charge in [-0.25, -0.2) is 9.97 Å². The molecule has 0 saturated heterocycles. The molecule has 0 unspecified atom stereocenters. The molecule has 0 fully saturated rings. The van der Waals surface area contributed by atoms with E-state index in [0.29, 0.717) is 11.6 Å². The van der Waals surface area contributed by atoms with Gasteiger partial charge in [0.05, 0.1) is 5.56 Å². The minimum atomic E-state index is 0.221. The molecule has 0 spiro atoms.